The summed E-state index contributed by atoms with van der Waals surface area (Å²) in [5.74, 6) is -0.934. The molecule has 0 aliphatic carbocycles. The molecule has 1 aliphatic rings. The first-order valence-electron chi connectivity index (χ1n) is 7.79. The number of aliphatic carboxylic acids is 1. The fourth-order valence-electron chi connectivity index (χ4n) is 2.76. The summed E-state index contributed by atoms with van der Waals surface area (Å²) in [6.45, 7) is 8.40. The van der Waals surface area contributed by atoms with Crippen LogP contribution in [0.15, 0.2) is 18.3 Å². The molecule has 0 spiro atoms. The number of ether oxygens (including phenoxy) is 1. The maximum Gasteiger partial charge on any atom is 0.410 e. The number of aromatic nitrogens is 1. The predicted molar refractivity (Wildman–Crippen MR) is 85.1 cm³/mol. The number of hydrogen-bond donors (Lipinski definition) is 2. The molecule has 0 unspecified atom stereocenters. The molecule has 1 aromatic heterocycles. The van der Waals surface area contributed by atoms with E-state index in [1.165, 1.54) is 4.90 Å². The van der Waals surface area contributed by atoms with E-state index >= 15 is 0 Å². The van der Waals surface area contributed by atoms with Crippen LogP contribution in [-0.4, -0.2) is 63.2 Å². The average Bonchev–Trinajstić information content (AvgIpc) is 2.98. The van der Waals surface area contributed by atoms with Crippen molar-refractivity contribution in [3.8, 4) is 0 Å². The number of carbonyl (C=O) groups is 2. The molecule has 0 aromatic carbocycles. The molecule has 7 nitrogen and oxygen atoms in total. The van der Waals surface area contributed by atoms with Crippen molar-refractivity contribution >= 4 is 12.1 Å². The van der Waals surface area contributed by atoms with E-state index in [-0.39, 0.29) is 12.6 Å². The molecule has 23 heavy (non-hydrogen) atoms. The van der Waals surface area contributed by atoms with E-state index in [1.807, 2.05) is 30.2 Å². The van der Waals surface area contributed by atoms with Gasteiger partial charge in [0.1, 0.15) is 11.6 Å². The molecule has 0 saturated carbocycles. The van der Waals surface area contributed by atoms with Gasteiger partial charge in [-0.05, 0) is 39.8 Å². The molecule has 128 valence electrons. The third-order valence-electron chi connectivity index (χ3n) is 3.93. The predicted octanol–water partition coefficient (Wildman–Crippen LogP) is 2.08. The number of piperazine rings is 1. The zero-order valence-corrected chi connectivity index (χ0v) is 14.1. The summed E-state index contributed by atoms with van der Waals surface area (Å²) >= 11 is 0. The van der Waals surface area contributed by atoms with Crippen molar-refractivity contribution in [1.29, 1.82) is 0 Å². The Balaban J connectivity index is 2.09. The third-order valence-corrected chi connectivity index (χ3v) is 3.93. The smallest absolute Gasteiger partial charge is 0.410 e. The molecular formula is C16H25N3O4. The highest BCUT2D eigenvalue weighted by Gasteiger charge is 2.38. The molecule has 2 N–H and O–H groups in total. The van der Waals surface area contributed by atoms with E-state index in [9.17, 15) is 14.7 Å². The summed E-state index contributed by atoms with van der Waals surface area (Å²) in [5, 5.41) is 9.56. The van der Waals surface area contributed by atoms with Gasteiger partial charge in [0.2, 0.25) is 0 Å². The Morgan fingerprint density at radius 2 is 2.09 bits per heavy atom. The summed E-state index contributed by atoms with van der Waals surface area (Å²) in [6, 6.07) is 3.00. The van der Waals surface area contributed by atoms with Crippen molar-refractivity contribution in [2.75, 3.05) is 19.6 Å². The first-order valence-corrected chi connectivity index (χ1v) is 7.79. The number of carboxylic acid groups (broad SMARTS) is 1. The second-order valence-electron chi connectivity index (χ2n) is 6.82. The van der Waals surface area contributed by atoms with Gasteiger partial charge in [0.15, 0.2) is 0 Å². The Kier molecular flexibility index (Phi) is 4.99. The lowest BCUT2D eigenvalue weighted by Gasteiger charge is -2.42. The van der Waals surface area contributed by atoms with Crippen molar-refractivity contribution < 1.29 is 19.4 Å². The van der Waals surface area contributed by atoms with Crippen molar-refractivity contribution in [2.45, 2.75) is 45.4 Å². The Hall–Kier alpha value is -2.02. The zero-order valence-electron chi connectivity index (χ0n) is 14.1. The quantitative estimate of drug-likeness (QED) is 0.889. The van der Waals surface area contributed by atoms with Gasteiger partial charge in [-0.3, -0.25) is 9.69 Å². The van der Waals surface area contributed by atoms with Crippen LogP contribution in [0.4, 0.5) is 4.79 Å². The highest BCUT2D eigenvalue weighted by atomic mass is 16.6. The Bertz CT molecular complexity index is 550. The van der Waals surface area contributed by atoms with E-state index in [1.54, 1.807) is 20.8 Å². The fourth-order valence-corrected chi connectivity index (χ4v) is 2.76. The lowest BCUT2D eigenvalue weighted by atomic mass is 10.1. The van der Waals surface area contributed by atoms with E-state index < -0.39 is 23.7 Å². The zero-order chi connectivity index (χ0) is 17.2. The molecule has 1 amide bonds. The SMILES string of the molecule is C[C@@H](c1ccc[nH]1)N1CCN(C(=O)OC(C)(C)C)C[C@H]1C(=O)O. The Labute approximate surface area is 136 Å². The van der Waals surface area contributed by atoms with Crippen molar-refractivity contribution in [1.82, 2.24) is 14.8 Å². The van der Waals surface area contributed by atoms with Crippen LogP contribution >= 0.6 is 0 Å². The highest BCUT2D eigenvalue weighted by molar-refractivity contribution is 5.76. The first kappa shape index (κ1) is 17.3. The lowest BCUT2D eigenvalue weighted by molar-refractivity contribution is -0.147. The van der Waals surface area contributed by atoms with Crippen LogP contribution in [0.2, 0.25) is 0 Å². The molecule has 1 saturated heterocycles. The van der Waals surface area contributed by atoms with Gasteiger partial charge in [0, 0.05) is 31.0 Å². The van der Waals surface area contributed by atoms with Crippen LogP contribution in [-0.2, 0) is 9.53 Å². The largest absolute Gasteiger partial charge is 0.480 e. The molecule has 2 heterocycles. The van der Waals surface area contributed by atoms with Crippen molar-refractivity contribution in [2.24, 2.45) is 0 Å². The number of hydrogen-bond acceptors (Lipinski definition) is 4. The number of carboxylic acids is 1. The highest BCUT2D eigenvalue weighted by Crippen LogP contribution is 2.25. The molecule has 0 bridgehead atoms. The summed E-state index contributed by atoms with van der Waals surface area (Å²) in [7, 11) is 0. The van der Waals surface area contributed by atoms with E-state index in [0.717, 1.165) is 5.69 Å². The molecule has 1 aliphatic heterocycles. The maximum atomic E-state index is 12.2. The summed E-state index contributed by atoms with van der Waals surface area (Å²) in [5.41, 5.74) is 0.367. The van der Waals surface area contributed by atoms with Crippen LogP contribution in [0.1, 0.15) is 39.4 Å². The van der Waals surface area contributed by atoms with Gasteiger partial charge in [-0.25, -0.2) is 4.79 Å². The van der Waals surface area contributed by atoms with Gasteiger partial charge in [-0.2, -0.15) is 0 Å². The van der Waals surface area contributed by atoms with E-state index in [4.69, 9.17) is 4.74 Å². The average molecular weight is 323 g/mol. The Morgan fingerprint density at radius 3 is 2.61 bits per heavy atom. The number of aromatic amines is 1. The number of nitrogens with zero attached hydrogens (tertiary/aromatic N) is 2. The number of rotatable bonds is 3. The minimum atomic E-state index is -0.934. The Morgan fingerprint density at radius 1 is 1.39 bits per heavy atom. The molecule has 7 heteroatoms. The van der Waals surface area contributed by atoms with Crippen LogP contribution in [0.25, 0.3) is 0 Å². The lowest BCUT2D eigenvalue weighted by Crippen LogP contribution is -2.58. The van der Waals surface area contributed by atoms with Gasteiger partial charge in [-0.1, -0.05) is 0 Å². The van der Waals surface area contributed by atoms with Crippen LogP contribution in [0.3, 0.4) is 0 Å². The number of amides is 1. The van der Waals surface area contributed by atoms with E-state index in [0.29, 0.717) is 13.1 Å². The van der Waals surface area contributed by atoms with E-state index in [2.05, 4.69) is 4.98 Å². The monoisotopic (exact) mass is 323 g/mol. The second kappa shape index (κ2) is 6.62. The van der Waals surface area contributed by atoms with Crippen molar-refractivity contribution in [3.05, 3.63) is 24.0 Å². The van der Waals surface area contributed by atoms with Crippen molar-refractivity contribution in [3.63, 3.8) is 0 Å². The maximum absolute atomic E-state index is 12.2. The normalized spacial score (nSPS) is 21.0. The molecule has 0 radical (unpaired) electrons. The third kappa shape index (κ3) is 4.25. The standard InChI is InChI=1S/C16H25N3O4/c1-11(12-6-5-7-17-12)19-9-8-18(10-13(19)14(20)21)15(22)23-16(2,3)4/h5-7,11,13,17H,8-10H2,1-4H3,(H,20,21)/t11-,13-/m0/s1. The molecule has 1 fully saturated rings. The number of H-pyrrole nitrogens is 1. The molecule has 2 rings (SSSR count). The summed E-state index contributed by atoms with van der Waals surface area (Å²) < 4.78 is 5.34. The fraction of sp³-hybridized carbons (Fsp3) is 0.625. The van der Waals surface area contributed by atoms with Gasteiger partial charge >= 0.3 is 12.1 Å². The summed E-state index contributed by atoms with van der Waals surface area (Å²) in [6.07, 6.45) is 1.36. The molecular weight excluding hydrogens is 298 g/mol. The number of carbonyl (C=O) groups excluding carboxylic acids is 1. The van der Waals surface area contributed by atoms with Gasteiger partial charge in [-0.15, -0.1) is 0 Å². The topological polar surface area (TPSA) is 85.9 Å². The second-order valence-corrected chi connectivity index (χ2v) is 6.82. The molecule has 2 atom stereocenters. The van der Waals surface area contributed by atoms with Crippen LogP contribution in [0, 0.1) is 0 Å². The summed E-state index contributed by atoms with van der Waals surface area (Å²) in [4.78, 5) is 30.3. The first-order chi connectivity index (χ1) is 10.7. The van der Waals surface area contributed by atoms with Crippen LogP contribution < -0.4 is 0 Å². The minimum Gasteiger partial charge on any atom is -0.480 e. The minimum absolute atomic E-state index is 0.0631. The van der Waals surface area contributed by atoms with Crippen LogP contribution in [0.5, 0.6) is 0 Å². The van der Waals surface area contributed by atoms with Gasteiger partial charge < -0.3 is 19.7 Å². The number of nitrogens with one attached hydrogen (secondary N) is 1. The molecule has 1 aromatic rings. The van der Waals surface area contributed by atoms with Gasteiger partial charge in [0.25, 0.3) is 0 Å². The van der Waals surface area contributed by atoms with Gasteiger partial charge in [0.05, 0.1) is 6.54 Å².